The molecule has 0 aromatic heterocycles. The van der Waals surface area contributed by atoms with E-state index in [1.807, 2.05) is 0 Å². The number of hydrogen-bond acceptors (Lipinski definition) is 3. The van der Waals surface area contributed by atoms with Gasteiger partial charge in [-0.25, -0.2) is 8.78 Å². The Bertz CT molecular complexity index is 425. The Morgan fingerprint density at radius 2 is 2.18 bits per heavy atom. The fourth-order valence-corrected chi connectivity index (χ4v) is 2.40. The van der Waals surface area contributed by atoms with E-state index in [1.54, 1.807) is 0 Å². The molecule has 1 heterocycles. The largest absolute Gasteiger partial charge is 0.378 e. The van der Waals surface area contributed by atoms with Crippen LogP contribution in [-0.2, 0) is 5.66 Å². The molecule has 0 bridgehead atoms. The molecular weight excluding hydrogens is 226 g/mol. The Morgan fingerprint density at radius 3 is 2.82 bits per heavy atom. The predicted octanol–water partition coefficient (Wildman–Crippen LogP) is 1.32. The van der Waals surface area contributed by atoms with E-state index in [0.29, 0.717) is 19.4 Å². The van der Waals surface area contributed by atoms with Gasteiger partial charge < -0.3 is 10.8 Å². The van der Waals surface area contributed by atoms with Gasteiger partial charge in [-0.05, 0) is 38.0 Å². The Hall–Kier alpha value is -1.04. The van der Waals surface area contributed by atoms with Crippen LogP contribution in [0.4, 0.5) is 8.78 Å². The summed E-state index contributed by atoms with van der Waals surface area (Å²) < 4.78 is 26.9. The molecule has 1 aliphatic rings. The SMILES string of the molecule is [CH2]C(O)N1CCC[C@]1(N)c1cc(F)ccc1F. The lowest BCUT2D eigenvalue weighted by atomic mass is 9.96. The summed E-state index contributed by atoms with van der Waals surface area (Å²) in [5.41, 5.74) is 4.99. The monoisotopic (exact) mass is 241 g/mol. The number of halogens is 2. The van der Waals surface area contributed by atoms with Crippen LogP contribution in [0.2, 0.25) is 0 Å². The van der Waals surface area contributed by atoms with Crippen molar-refractivity contribution < 1.29 is 13.9 Å². The van der Waals surface area contributed by atoms with Crippen molar-refractivity contribution in [1.82, 2.24) is 4.90 Å². The number of benzene rings is 1. The van der Waals surface area contributed by atoms with Crippen LogP contribution in [0.1, 0.15) is 18.4 Å². The third-order valence-electron chi connectivity index (χ3n) is 3.22. The molecule has 3 N–H and O–H groups in total. The molecule has 0 aliphatic carbocycles. The van der Waals surface area contributed by atoms with Gasteiger partial charge >= 0.3 is 0 Å². The lowest BCUT2D eigenvalue weighted by Gasteiger charge is -2.37. The van der Waals surface area contributed by atoms with Crippen LogP contribution in [0.15, 0.2) is 18.2 Å². The van der Waals surface area contributed by atoms with Crippen LogP contribution in [0.25, 0.3) is 0 Å². The highest BCUT2D eigenvalue weighted by atomic mass is 19.1. The molecule has 5 heteroatoms. The van der Waals surface area contributed by atoms with Crippen molar-refractivity contribution in [3.63, 3.8) is 0 Å². The molecule has 1 radical (unpaired) electrons. The first-order valence-electron chi connectivity index (χ1n) is 5.47. The van der Waals surface area contributed by atoms with Crippen molar-refractivity contribution in [2.75, 3.05) is 6.54 Å². The summed E-state index contributed by atoms with van der Waals surface area (Å²) in [4.78, 5) is 1.48. The molecule has 2 atom stereocenters. The fraction of sp³-hybridized carbons (Fsp3) is 0.417. The first-order chi connectivity index (χ1) is 7.95. The summed E-state index contributed by atoms with van der Waals surface area (Å²) in [6, 6.07) is 3.17. The lowest BCUT2D eigenvalue weighted by Crippen LogP contribution is -2.53. The molecular formula is C12H15F2N2O. The minimum absolute atomic E-state index is 0.0673. The van der Waals surface area contributed by atoms with Gasteiger partial charge in [-0.1, -0.05) is 0 Å². The topological polar surface area (TPSA) is 49.5 Å². The quantitative estimate of drug-likeness (QED) is 0.821. The summed E-state index contributed by atoms with van der Waals surface area (Å²) in [5.74, 6) is -1.11. The van der Waals surface area contributed by atoms with Crippen LogP contribution in [0.5, 0.6) is 0 Å². The number of aliphatic hydroxyl groups excluding tert-OH is 1. The van der Waals surface area contributed by atoms with Gasteiger partial charge in [0.2, 0.25) is 0 Å². The van der Waals surface area contributed by atoms with Gasteiger partial charge in [0.05, 0.1) is 5.66 Å². The minimum atomic E-state index is -1.19. The summed E-state index contributed by atoms with van der Waals surface area (Å²) in [5, 5.41) is 9.53. The van der Waals surface area contributed by atoms with Crippen LogP contribution in [0.3, 0.4) is 0 Å². The summed E-state index contributed by atoms with van der Waals surface area (Å²) in [6.07, 6.45) is 0.129. The zero-order valence-electron chi connectivity index (χ0n) is 9.37. The molecule has 1 aromatic rings. The van der Waals surface area contributed by atoms with Crippen molar-refractivity contribution in [3.8, 4) is 0 Å². The van der Waals surface area contributed by atoms with Gasteiger partial charge in [0, 0.05) is 12.1 Å². The molecule has 3 nitrogen and oxygen atoms in total. The van der Waals surface area contributed by atoms with Crippen LogP contribution < -0.4 is 5.73 Å². The molecule has 1 aromatic carbocycles. The summed E-state index contributed by atoms with van der Waals surface area (Å²) in [6.45, 7) is 3.99. The Labute approximate surface area is 98.8 Å². The van der Waals surface area contributed by atoms with Gasteiger partial charge in [0.25, 0.3) is 0 Å². The maximum Gasteiger partial charge on any atom is 0.129 e. The maximum atomic E-state index is 13.7. The van der Waals surface area contributed by atoms with E-state index in [9.17, 15) is 13.9 Å². The zero-order valence-corrected chi connectivity index (χ0v) is 9.37. The van der Waals surface area contributed by atoms with E-state index in [0.717, 1.165) is 18.2 Å². The molecule has 0 saturated carbocycles. The lowest BCUT2D eigenvalue weighted by molar-refractivity contribution is -0.0187. The second-order valence-electron chi connectivity index (χ2n) is 4.33. The van der Waals surface area contributed by atoms with Gasteiger partial charge in [-0.3, -0.25) is 4.90 Å². The van der Waals surface area contributed by atoms with Gasteiger partial charge in [-0.15, -0.1) is 0 Å². The van der Waals surface area contributed by atoms with Gasteiger partial charge in [-0.2, -0.15) is 0 Å². The molecule has 1 fully saturated rings. The van der Waals surface area contributed by atoms with E-state index in [2.05, 4.69) is 6.92 Å². The highest BCUT2D eigenvalue weighted by Gasteiger charge is 2.42. The average molecular weight is 241 g/mol. The molecule has 2 rings (SSSR count). The molecule has 0 spiro atoms. The standard InChI is InChI=1S/C12H15F2N2O/c1-8(17)16-6-2-5-12(16,15)10-7-9(13)3-4-11(10)14/h3-4,7-8,17H,1-2,5-6,15H2/t8?,12-/m1/s1. The van der Waals surface area contributed by atoms with Crippen LogP contribution in [0, 0.1) is 18.6 Å². The maximum absolute atomic E-state index is 13.7. The predicted molar refractivity (Wildman–Crippen MR) is 59.5 cm³/mol. The van der Waals surface area contributed by atoms with E-state index >= 15 is 0 Å². The third kappa shape index (κ3) is 2.06. The van der Waals surface area contributed by atoms with Crippen LogP contribution in [-0.4, -0.2) is 22.8 Å². The second-order valence-corrected chi connectivity index (χ2v) is 4.33. The number of hydrogen-bond donors (Lipinski definition) is 2. The van der Waals surface area contributed by atoms with Crippen molar-refractivity contribution in [2.24, 2.45) is 5.73 Å². The molecule has 17 heavy (non-hydrogen) atoms. The number of nitrogens with zero attached hydrogens (tertiary/aromatic N) is 1. The minimum Gasteiger partial charge on any atom is -0.378 e. The second kappa shape index (κ2) is 4.33. The Morgan fingerprint density at radius 1 is 1.47 bits per heavy atom. The Balaban J connectivity index is 2.46. The van der Waals surface area contributed by atoms with E-state index < -0.39 is 23.5 Å². The van der Waals surface area contributed by atoms with Gasteiger partial charge in [0.1, 0.15) is 17.9 Å². The van der Waals surface area contributed by atoms with E-state index in [4.69, 9.17) is 5.73 Å². The highest BCUT2D eigenvalue weighted by molar-refractivity contribution is 5.27. The van der Waals surface area contributed by atoms with Crippen LogP contribution >= 0.6 is 0 Å². The van der Waals surface area contributed by atoms with Crippen molar-refractivity contribution >= 4 is 0 Å². The average Bonchev–Trinajstić information content (AvgIpc) is 2.65. The van der Waals surface area contributed by atoms with Crippen molar-refractivity contribution in [2.45, 2.75) is 24.7 Å². The number of likely N-dealkylation sites (tertiary alicyclic amines) is 1. The normalized spacial score (nSPS) is 27.4. The number of nitrogens with two attached hydrogens (primary N) is 1. The van der Waals surface area contributed by atoms with Gasteiger partial charge in [0.15, 0.2) is 0 Å². The summed E-state index contributed by atoms with van der Waals surface area (Å²) >= 11 is 0. The smallest absolute Gasteiger partial charge is 0.129 e. The number of rotatable bonds is 2. The molecule has 93 valence electrons. The molecule has 0 amide bonds. The number of aliphatic hydroxyl groups is 1. The molecule has 1 saturated heterocycles. The molecule has 1 aliphatic heterocycles. The van der Waals surface area contributed by atoms with E-state index in [1.165, 1.54) is 4.90 Å². The van der Waals surface area contributed by atoms with Crippen molar-refractivity contribution in [1.29, 1.82) is 0 Å². The zero-order chi connectivity index (χ0) is 12.6. The fourth-order valence-electron chi connectivity index (χ4n) is 2.40. The van der Waals surface area contributed by atoms with Crippen molar-refractivity contribution in [3.05, 3.63) is 42.3 Å². The highest BCUT2D eigenvalue weighted by Crippen LogP contribution is 2.36. The first-order valence-corrected chi connectivity index (χ1v) is 5.47. The molecule has 1 unspecified atom stereocenters. The van der Waals surface area contributed by atoms with E-state index in [-0.39, 0.29) is 5.56 Å². The first kappa shape index (κ1) is 12.4. The summed E-state index contributed by atoms with van der Waals surface area (Å²) in [7, 11) is 0. The third-order valence-corrected chi connectivity index (χ3v) is 3.22. The Kier molecular flexibility index (Phi) is 3.16.